The number of hydrogen-bond acceptors (Lipinski definition) is 4. The fraction of sp³-hybridized carbons (Fsp3) is 0.333. The topological polar surface area (TPSA) is 30.5 Å². The molecule has 3 nitrogen and oxygen atoms in total. The zero-order valence-electron chi connectivity index (χ0n) is 11.6. The minimum absolute atomic E-state index is 0.635. The first kappa shape index (κ1) is 15.4. The van der Waals surface area contributed by atoms with Gasteiger partial charge in [0.2, 0.25) is 0 Å². The lowest BCUT2D eigenvalue weighted by atomic mass is 10.2. The number of rotatable bonds is 7. The van der Waals surface area contributed by atoms with Crippen molar-refractivity contribution >= 4 is 27.3 Å². The van der Waals surface area contributed by atoms with Crippen molar-refractivity contribution < 1.29 is 9.47 Å². The van der Waals surface area contributed by atoms with Crippen LogP contribution in [0.15, 0.2) is 34.1 Å². The average Bonchev–Trinajstić information content (AvgIpc) is 2.85. The molecule has 1 aromatic carbocycles. The molecule has 0 atom stereocenters. The van der Waals surface area contributed by atoms with Gasteiger partial charge in [0, 0.05) is 23.5 Å². The zero-order valence-corrected chi connectivity index (χ0v) is 14.0. The van der Waals surface area contributed by atoms with Crippen molar-refractivity contribution in [3.63, 3.8) is 0 Å². The van der Waals surface area contributed by atoms with E-state index in [2.05, 4.69) is 39.4 Å². The van der Waals surface area contributed by atoms with Crippen molar-refractivity contribution in [2.45, 2.75) is 20.0 Å². The highest BCUT2D eigenvalue weighted by atomic mass is 79.9. The molecule has 0 bridgehead atoms. The van der Waals surface area contributed by atoms with Gasteiger partial charge in [0.15, 0.2) is 11.5 Å². The Kier molecular flexibility index (Phi) is 5.88. The Morgan fingerprint density at radius 3 is 2.70 bits per heavy atom. The first-order valence-corrected chi connectivity index (χ1v) is 8.09. The van der Waals surface area contributed by atoms with E-state index in [1.807, 2.05) is 19.1 Å². The summed E-state index contributed by atoms with van der Waals surface area (Å²) in [6.45, 7) is 4.20. The molecule has 5 heteroatoms. The van der Waals surface area contributed by atoms with Crippen LogP contribution in [0.3, 0.4) is 0 Å². The molecule has 0 saturated heterocycles. The molecule has 0 radical (unpaired) electrons. The zero-order chi connectivity index (χ0) is 14.4. The molecule has 20 heavy (non-hydrogen) atoms. The maximum Gasteiger partial charge on any atom is 0.165 e. The van der Waals surface area contributed by atoms with Crippen LogP contribution >= 0.6 is 27.3 Å². The molecule has 0 aliphatic heterocycles. The molecule has 0 saturated carbocycles. The summed E-state index contributed by atoms with van der Waals surface area (Å²) in [5, 5.41) is 3.43. The van der Waals surface area contributed by atoms with Crippen molar-refractivity contribution in [2.75, 3.05) is 13.7 Å². The summed E-state index contributed by atoms with van der Waals surface area (Å²) in [7, 11) is 1.68. The van der Waals surface area contributed by atoms with Gasteiger partial charge in [0.05, 0.1) is 17.5 Å². The molecule has 2 aromatic rings. The molecule has 0 fully saturated rings. The van der Waals surface area contributed by atoms with Gasteiger partial charge in [-0.05, 0) is 41.1 Å². The predicted octanol–water partition coefficient (Wildman–Crippen LogP) is 4.21. The van der Waals surface area contributed by atoms with E-state index in [-0.39, 0.29) is 0 Å². The third kappa shape index (κ3) is 3.98. The van der Waals surface area contributed by atoms with Gasteiger partial charge >= 0.3 is 0 Å². The van der Waals surface area contributed by atoms with Crippen molar-refractivity contribution in [1.82, 2.24) is 5.32 Å². The van der Waals surface area contributed by atoms with E-state index in [4.69, 9.17) is 9.47 Å². The van der Waals surface area contributed by atoms with Crippen LogP contribution in [0.1, 0.15) is 17.4 Å². The van der Waals surface area contributed by atoms with Crippen LogP contribution in [0.5, 0.6) is 11.5 Å². The second-order valence-electron chi connectivity index (χ2n) is 4.19. The summed E-state index contributed by atoms with van der Waals surface area (Å²) in [5.74, 6) is 1.61. The van der Waals surface area contributed by atoms with Gasteiger partial charge in [-0.25, -0.2) is 0 Å². The van der Waals surface area contributed by atoms with Crippen LogP contribution in [0.25, 0.3) is 0 Å². The van der Waals surface area contributed by atoms with E-state index < -0.39 is 0 Å². The molecular formula is C15H18BrNO2S. The predicted molar refractivity (Wildman–Crippen MR) is 86.7 cm³/mol. The van der Waals surface area contributed by atoms with Crippen molar-refractivity contribution in [3.05, 3.63) is 44.6 Å². The highest BCUT2D eigenvalue weighted by Gasteiger charge is 2.09. The molecular weight excluding hydrogens is 338 g/mol. The fourth-order valence-corrected chi connectivity index (χ4v) is 3.42. The van der Waals surface area contributed by atoms with Crippen molar-refractivity contribution in [3.8, 4) is 11.5 Å². The third-order valence-corrected chi connectivity index (χ3v) is 4.43. The maximum absolute atomic E-state index is 5.58. The smallest absolute Gasteiger partial charge is 0.165 e. The Bertz CT molecular complexity index is 557. The number of halogens is 1. The number of benzene rings is 1. The third-order valence-electron chi connectivity index (χ3n) is 2.81. The monoisotopic (exact) mass is 355 g/mol. The van der Waals surface area contributed by atoms with E-state index >= 15 is 0 Å². The van der Waals surface area contributed by atoms with E-state index in [0.717, 1.165) is 33.9 Å². The Hall–Kier alpha value is -1.04. The van der Waals surface area contributed by atoms with Crippen LogP contribution < -0.4 is 14.8 Å². The number of ether oxygens (including phenoxy) is 2. The molecule has 0 amide bonds. The van der Waals surface area contributed by atoms with Crippen LogP contribution in [-0.4, -0.2) is 13.7 Å². The quantitative estimate of drug-likeness (QED) is 0.806. The van der Waals surface area contributed by atoms with Gasteiger partial charge in [-0.15, -0.1) is 11.3 Å². The standard InChI is InChI=1S/C15H18BrNO2S/c1-3-19-13-6-4-5-11(15(13)18-2)9-17-10-12-7-8-14(16)20-12/h4-8,17H,3,9-10H2,1-2H3. The van der Waals surface area contributed by atoms with E-state index in [1.165, 1.54) is 4.88 Å². The van der Waals surface area contributed by atoms with Gasteiger partial charge in [-0.2, -0.15) is 0 Å². The van der Waals surface area contributed by atoms with Crippen molar-refractivity contribution in [2.24, 2.45) is 0 Å². The van der Waals surface area contributed by atoms with Crippen LogP contribution in [0.2, 0.25) is 0 Å². The number of hydrogen-bond donors (Lipinski definition) is 1. The number of thiophene rings is 1. The molecule has 0 aliphatic rings. The first-order valence-electron chi connectivity index (χ1n) is 6.48. The van der Waals surface area contributed by atoms with Gasteiger partial charge < -0.3 is 14.8 Å². The fourth-order valence-electron chi connectivity index (χ4n) is 1.97. The lowest BCUT2D eigenvalue weighted by Gasteiger charge is -2.14. The lowest BCUT2D eigenvalue weighted by Crippen LogP contribution is -2.13. The van der Waals surface area contributed by atoms with Crippen LogP contribution in [0.4, 0.5) is 0 Å². The largest absolute Gasteiger partial charge is 0.493 e. The summed E-state index contributed by atoms with van der Waals surface area (Å²) in [5.41, 5.74) is 1.11. The van der Waals surface area contributed by atoms with Crippen molar-refractivity contribution in [1.29, 1.82) is 0 Å². The summed E-state index contributed by atoms with van der Waals surface area (Å²) >= 11 is 5.22. The molecule has 0 spiro atoms. The van der Waals surface area contributed by atoms with E-state index in [9.17, 15) is 0 Å². The summed E-state index contributed by atoms with van der Waals surface area (Å²) in [6.07, 6.45) is 0. The van der Waals surface area contributed by atoms with Crippen LogP contribution in [-0.2, 0) is 13.1 Å². The minimum Gasteiger partial charge on any atom is -0.493 e. The maximum atomic E-state index is 5.58. The average molecular weight is 356 g/mol. The van der Waals surface area contributed by atoms with Gasteiger partial charge in [-0.3, -0.25) is 0 Å². The second-order valence-corrected chi connectivity index (χ2v) is 6.74. The highest BCUT2D eigenvalue weighted by Crippen LogP contribution is 2.31. The Morgan fingerprint density at radius 1 is 1.20 bits per heavy atom. The highest BCUT2D eigenvalue weighted by molar-refractivity contribution is 9.11. The number of nitrogens with one attached hydrogen (secondary N) is 1. The molecule has 1 heterocycles. The molecule has 1 N–H and O–H groups in total. The minimum atomic E-state index is 0.635. The Labute approximate surface area is 132 Å². The second kappa shape index (κ2) is 7.67. The summed E-state index contributed by atoms with van der Waals surface area (Å²) in [4.78, 5) is 1.30. The number of methoxy groups -OCH3 is 1. The summed E-state index contributed by atoms with van der Waals surface area (Å²) in [6, 6.07) is 10.2. The van der Waals surface area contributed by atoms with E-state index in [0.29, 0.717) is 6.61 Å². The van der Waals surface area contributed by atoms with Crippen LogP contribution in [0, 0.1) is 0 Å². The molecule has 108 valence electrons. The van der Waals surface area contributed by atoms with Gasteiger partial charge in [0.25, 0.3) is 0 Å². The Balaban J connectivity index is 1.99. The molecule has 2 rings (SSSR count). The lowest BCUT2D eigenvalue weighted by molar-refractivity contribution is 0.308. The van der Waals surface area contributed by atoms with Gasteiger partial charge in [0.1, 0.15) is 0 Å². The molecule has 0 aliphatic carbocycles. The molecule has 1 aromatic heterocycles. The SMILES string of the molecule is CCOc1cccc(CNCc2ccc(Br)s2)c1OC. The van der Waals surface area contributed by atoms with Gasteiger partial charge in [-0.1, -0.05) is 12.1 Å². The summed E-state index contributed by atoms with van der Waals surface area (Å²) < 4.78 is 12.2. The van der Waals surface area contributed by atoms with E-state index in [1.54, 1.807) is 18.4 Å². The first-order chi connectivity index (χ1) is 9.74. The number of para-hydroxylation sites is 1. The normalized spacial score (nSPS) is 10.6. The molecule has 0 unspecified atom stereocenters. The Morgan fingerprint density at radius 2 is 2.05 bits per heavy atom.